The van der Waals surface area contributed by atoms with Crippen LogP contribution in [0.5, 0.6) is 0 Å². The molecule has 0 spiro atoms. The van der Waals surface area contributed by atoms with E-state index in [0.717, 1.165) is 19.3 Å². The van der Waals surface area contributed by atoms with E-state index in [1.165, 1.54) is 0 Å². The number of nitrogens with one attached hydrogen (secondary N) is 1. The van der Waals surface area contributed by atoms with Gasteiger partial charge < -0.3 is 16.2 Å². The predicted molar refractivity (Wildman–Crippen MR) is 64.4 cm³/mol. The lowest BCUT2D eigenvalue weighted by molar-refractivity contribution is -0.138. The van der Waals surface area contributed by atoms with Gasteiger partial charge in [0.25, 0.3) is 0 Å². The number of nitrogens with two attached hydrogens (primary N) is 1. The van der Waals surface area contributed by atoms with E-state index >= 15 is 0 Å². The Kier molecular flexibility index (Phi) is 4.51. The zero-order valence-corrected chi connectivity index (χ0v) is 10.5. The minimum atomic E-state index is -0.838. The average Bonchev–Trinajstić information content (AvgIpc) is 2.58. The van der Waals surface area contributed by atoms with Crippen molar-refractivity contribution in [2.24, 2.45) is 11.1 Å². The molecule has 0 saturated heterocycles. The van der Waals surface area contributed by atoms with Crippen molar-refractivity contribution in [2.45, 2.75) is 58.0 Å². The van der Waals surface area contributed by atoms with Crippen LogP contribution in [0.2, 0.25) is 0 Å². The Morgan fingerprint density at radius 3 is 2.71 bits per heavy atom. The standard InChI is InChI=1S/C12H22N2O3/c1-8(5-6-10(15)16)14-11(17)12(2)7-3-4-9(12)13/h8-9H,3-7,13H2,1-2H3,(H,14,17)(H,15,16). The van der Waals surface area contributed by atoms with Crippen LogP contribution >= 0.6 is 0 Å². The maximum atomic E-state index is 12.1. The van der Waals surface area contributed by atoms with Gasteiger partial charge in [0.2, 0.25) is 5.91 Å². The van der Waals surface area contributed by atoms with Gasteiger partial charge in [-0.25, -0.2) is 0 Å². The Balaban J connectivity index is 2.45. The van der Waals surface area contributed by atoms with Gasteiger partial charge in [-0.1, -0.05) is 6.42 Å². The molecule has 0 aromatic heterocycles. The van der Waals surface area contributed by atoms with Crippen molar-refractivity contribution in [1.82, 2.24) is 5.32 Å². The maximum Gasteiger partial charge on any atom is 0.303 e. The second-order valence-corrected chi connectivity index (χ2v) is 5.22. The van der Waals surface area contributed by atoms with Crippen LogP contribution in [0.25, 0.3) is 0 Å². The summed E-state index contributed by atoms with van der Waals surface area (Å²) in [5.74, 6) is -0.879. The van der Waals surface area contributed by atoms with Gasteiger partial charge in [-0.3, -0.25) is 9.59 Å². The summed E-state index contributed by atoms with van der Waals surface area (Å²) in [6.07, 6.45) is 3.20. The SMILES string of the molecule is CC(CCC(=O)O)NC(=O)C1(C)CCCC1N. The number of carboxylic acid groups (broad SMARTS) is 1. The van der Waals surface area contributed by atoms with Crippen molar-refractivity contribution in [3.63, 3.8) is 0 Å². The molecule has 98 valence electrons. The van der Waals surface area contributed by atoms with Gasteiger partial charge in [-0.15, -0.1) is 0 Å². The first-order valence-corrected chi connectivity index (χ1v) is 6.14. The van der Waals surface area contributed by atoms with E-state index < -0.39 is 11.4 Å². The predicted octanol–water partition coefficient (Wildman–Crippen LogP) is 0.873. The van der Waals surface area contributed by atoms with Crippen LogP contribution in [0.3, 0.4) is 0 Å². The number of hydrogen-bond donors (Lipinski definition) is 3. The normalized spacial score (nSPS) is 29.9. The molecule has 0 heterocycles. The fourth-order valence-corrected chi connectivity index (χ4v) is 2.28. The number of aliphatic carboxylic acids is 1. The van der Waals surface area contributed by atoms with Gasteiger partial charge in [0.05, 0.1) is 5.41 Å². The first-order chi connectivity index (χ1) is 7.86. The number of hydrogen-bond acceptors (Lipinski definition) is 3. The highest BCUT2D eigenvalue weighted by atomic mass is 16.4. The van der Waals surface area contributed by atoms with Gasteiger partial charge in [0.1, 0.15) is 0 Å². The monoisotopic (exact) mass is 242 g/mol. The second kappa shape index (κ2) is 5.49. The first kappa shape index (κ1) is 14.0. The Bertz CT molecular complexity index is 306. The summed E-state index contributed by atoms with van der Waals surface area (Å²) in [5.41, 5.74) is 5.47. The van der Waals surface area contributed by atoms with E-state index in [2.05, 4.69) is 5.32 Å². The third kappa shape index (κ3) is 3.43. The smallest absolute Gasteiger partial charge is 0.303 e. The van der Waals surface area contributed by atoms with Crippen molar-refractivity contribution < 1.29 is 14.7 Å². The molecule has 17 heavy (non-hydrogen) atoms. The Morgan fingerprint density at radius 2 is 2.24 bits per heavy atom. The van der Waals surface area contributed by atoms with Crippen LogP contribution in [0, 0.1) is 5.41 Å². The minimum absolute atomic E-state index is 0.0413. The Morgan fingerprint density at radius 1 is 1.59 bits per heavy atom. The van der Waals surface area contributed by atoms with Gasteiger partial charge in [0, 0.05) is 18.5 Å². The van der Waals surface area contributed by atoms with Crippen molar-refractivity contribution in [3.8, 4) is 0 Å². The van der Waals surface area contributed by atoms with E-state index in [1.807, 2.05) is 13.8 Å². The van der Waals surface area contributed by atoms with Crippen LogP contribution in [-0.2, 0) is 9.59 Å². The van der Waals surface area contributed by atoms with E-state index in [-0.39, 0.29) is 24.4 Å². The topological polar surface area (TPSA) is 92.4 Å². The Labute approximate surface area is 102 Å². The molecule has 0 bridgehead atoms. The van der Waals surface area contributed by atoms with Crippen molar-refractivity contribution >= 4 is 11.9 Å². The van der Waals surface area contributed by atoms with E-state index in [4.69, 9.17) is 10.8 Å². The molecule has 1 aliphatic rings. The molecule has 3 unspecified atom stereocenters. The molecule has 5 heteroatoms. The minimum Gasteiger partial charge on any atom is -0.481 e. The van der Waals surface area contributed by atoms with E-state index in [0.29, 0.717) is 6.42 Å². The Hall–Kier alpha value is -1.10. The third-order valence-corrected chi connectivity index (χ3v) is 3.72. The van der Waals surface area contributed by atoms with Crippen LogP contribution in [0.4, 0.5) is 0 Å². The average molecular weight is 242 g/mol. The lowest BCUT2D eigenvalue weighted by Crippen LogP contribution is -2.49. The molecule has 0 aromatic rings. The lowest BCUT2D eigenvalue weighted by Gasteiger charge is -2.29. The molecule has 0 aromatic carbocycles. The number of rotatable bonds is 5. The highest BCUT2D eigenvalue weighted by Gasteiger charge is 2.43. The molecular weight excluding hydrogens is 220 g/mol. The third-order valence-electron chi connectivity index (χ3n) is 3.72. The highest BCUT2D eigenvalue weighted by Crippen LogP contribution is 2.36. The molecule has 1 aliphatic carbocycles. The number of carbonyl (C=O) groups excluding carboxylic acids is 1. The molecule has 0 radical (unpaired) electrons. The fourth-order valence-electron chi connectivity index (χ4n) is 2.28. The zero-order valence-electron chi connectivity index (χ0n) is 10.5. The quantitative estimate of drug-likeness (QED) is 0.667. The van der Waals surface area contributed by atoms with Crippen molar-refractivity contribution in [3.05, 3.63) is 0 Å². The van der Waals surface area contributed by atoms with Crippen molar-refractivity contribution in [1.29, 1.82) is 0 Å². The summed E-state index contributed by atoms with van der Waals surface area (Å²) in [4.78, 5) is 22.5. The van der Waals surface area contributed by atoms with Gasteiger partial charge in [-0.2, -0.15) is 0 Å². The van der Waals surface area contributed by atoms with Gasteiger partial charge in [-0.05, 0) is 33.1 Å². The van der Waals surface area contributed by atoms with Crippen LogP contribution in [-0.4, -0.2) is 29.1 Å². The van der Waals surface area contributed by atoms with E-state index in [1.54, 1.807) is 0 Å². The number of amides is 1. The van der Waals surface area contributed by atoms with E-state index in [9.17, 15) is 9.59 Å². The van der Waals surface area contributed by atoms with Crippen LogP contribution in [0.15, 0.2) is 0 Å². The molecule has 1 rings (SSSR count). The number of carbonyl (C=O) groups is 2. The molecule has 5 nitrogen and oxygen atoms in total. The second-order valence-electron chi connectivity index (χ2n) is 5.22. The fraction of sp³-hybridized carbons (Fsp3) is 0.833. The summed E-state index contributed by atoms with van der Waals surface area (Å²) < 4.78 is 0. The molecule has 1 saturated carbocycles. The van der Waals surface area contributed by atoms with Gasteiger partial charge in [0.15, 0.2) is 0 Å². The summed E-state index contributed by atoms with van der Waals surface area (Å²) in [6.45, 7) is 3.72. The molecular formula is C12H22N2O3. The summed E-state index contributed by atoms with van der Waals surface area (Å²) in [7, 11) is 0. The zero-order chi connectivity index (χ0) is 13.1. The molecule has 0 aliphatic heterocycles. The molecule has 1 amide bonds. The maximum absolute atomic E-state index is 12.1. The first-order valence-electron chi connectivity index (χ1n) is 6.14. The summed E-state index contributed by atoms with van der Waals surface area (Å²) >= 11 is 0. The number of carboxylic acids is 1. The summed E-state index contributed by atoms with van der Waals surface area (Å²) in [5, 5.41) is 11.4. The van der Waals surface area contributed by atoms with Crippen molar-refractivity contribution in [2.75, 3.05) is 0 Å². The molecule has 1 fully saturated rings. The van der Waals surface area contributed by atoms with Gasteiger partial charge >= 0.3 is 5.97 Å². The molecule has 4 N–H and O–H groups in total. The highest BCUT2D eigenvalue weighted by molar-refractivity contribution is 5.83. The van der Waals surface area contributed by atoms with Crippen LogP contribution in [0.1, 0.15) is 46.0 Å². The van der Waals surface area contributed by atoms with Crippen LogP contribution < -0.4 is 11.1 Å². The lowest BCUT2D eigenvalue weighted by atomic mass is 9.84. The summed E-state index contributed by atoms with van der Waals surface area (Å²) in [6, 6.07) is -0.211. The largest absolute Gasteiger partial charge is 0.481 e. The molecule has 3 atom stereocenters.